The molecule has 0 bridgehead atoms. The lowest BCUT2D eigenvalue weighted by Crippen LogP contribution is -2.02. The first-order chi connectivity index (χ1) is 13.9. The predicted octanol–water partition coefficient (Wildman–Crippen LogP) is 5.19. The van der Waals surface area contributed by atoms with Crippen LogP contribution in [0.15, 0.2) is 64.0 Å². The van der Waals surface area contributed by atoms with Crippen LogP contribution in [0.25, 0.3) is 22.6 Å². The molecule has 4 rings (SSSR count). The van der Waals surface area contributed by atoms with Gasteiger partial charge in [-0.15, -0.1) is 0 Å². The molecule has 3 aromatic carbocycles. The van der Waals surface area contributed by atoms with E-state index in [0.717, 1.165) is 17.1 Å². The molecule has 0 fully saturated rings. The summed E-state index contributed by atoms with van der Waals surface area (Å²) >= 11 is 5.88. The van der Waals surface area contributed by atoms with Gasteiger partial charge in [-0.3, -0.25) is 15.1 Å². The molecule has 0 N–H and O–H groups in total. The average molecular weight is 407 g/mol. The molecule has 0 aliphatic rings. The summed E-state index contributed by atoms with van der Waals surface area (Å²) in [5, 5.41) is 23.3. The van der Waals surface area contributed by atoms with Gasteiger partial charge in [-0.2, -0.15) is 0 Å². The van der Waals surface area contributed by atoms with Gasteiger partial charge in [0.05, 0.1) is 10.6 Å². The van der Waals surface area contributed by atoms with Crippen LogP contribution in [-0.2, 0) is 0 Å². The number of aromatic nitrogens is 1. The quantitative estimate of drug-likeness (QED) is 0.263. The second-order valence-electron chi connectivity index (χ2n) is 6.40. The van der Waals surface area contributed by atoms with Crippen LogP contribution >= 0.6 is 11.6 Å². The van der Waals surface area contributed by atoms with E-state index >= 15 is 0 Å². The molecule has 29 heavy (non-hydrogen) atoms. The average Bonchev–Trinajstić information content (AvgIpc) is 3.11. The maximum atomic E-state index is 12.2. The SMILES string of the molecule is Cc1ccc2nc(-c3cccc(N=Cc4cc(Cl)cc([N+](=O)[O-])c4[O-])c3)oc2c1. The Balaban J connectivity index is 1.68. The smallest absolute Gasteiger partial charge is 0.263 e. The summed E-state index contributed by atoms with van der Waals surface area (Å²) in [5.74, 6) is -0.292. The van der Waals surface area contributed by atoms with Crippen molar-refractivity contribution >= 4 is 40.3 Å². The van der Waals surface area contributed by atoms with Crippen LogP contribution in [0.1, 0.15) is 11.1 Å². The van der Waals surface area contributed by atoms with Crippen LogP contribution in [0.5, 0.6) is 5.75 Å². The van der Waals surface area contributed by atoms with Crippen molar-refractivity contribution in [3.8, 4) is 17.2 Å². The Bertz CT molecular complexity index is 1280. The van der Waals surface area contributed by atoms with E-state index in [-0.39, 0.29) is 10.6 Å². The van der Waals surface area contributed by atoms with Gasteiger partial charge in [0, 0.05) is 22.9 Å². The fourth-order valence-electron chi connectivity index (χ4n) is 2.85. The maximum Gasteiger partial charge on any atom is 0.263 e. The molecule has 0 aliphatic carbocycles. The number of benzene rings is 3. The summed E-state index contributed by atoms with van der Waals surface area (Å²) in [7, 11) is 0. The molecule has 0 unspecified atom stereocenters. The molecule has 4 aromatic rings. The number of aliphatic imine (C=N–C) groups is 1. The van der Waals surface area contributed by atoms with E-state index in [0.29, 0.717) is 22.7 Å². The molecule has 8 heteroatoms. The largest absolute Gasteiger partial charge is 0.867 e. The van der Waals surface area contributed by atoms with E-state index < -0.39 is 16.4 Å². The van der Waals surface area contributed by atoms with Crippen molar-refractivity contribution < 1.29 is 14.4 Å². The van der Waals surface area contributed by atoms with Crippen LogP contribution in [0.3, 0.4) is 0 Å². The lowest BCUT2D eigenvalue weighted by molar-refractivity contribution is -0.398. The Hall–Kier alpha value is -3.71. The zero-order chi connectivity index (χ0) is 20.5. The van der Waals surface area contributed by atoms with Crippen LogP contribution in [0.4, 0.5) is 11.4 Å². The van der Waals surface area contributed by atoms with Gasteiger partial charge >= 0.3 is 0 Å². The molecule has 0 atom stereocenters. The molecule has 0 saturated heterocycles. The number of oxazole rings is 1. The molecular formula is C21H13ClN3O4-. The molecule has 0 saturated carbocycles. The van der Waals surface area contributed by atoms with E-state index in [9.17, 15) is 15.2 Å². The summed E-state index contributed by atoms with van der Waals surface area (Å²) in [4.78, 5) is 19.0. The van der Waals surface area contributed by atoms with Crippen LogP contribution < -0.4 is 5.11 Å². The van der Waals surface area contributed by atoms with Crippen molar-refractivity contribution in [1.29, 1.82) is 0 Å². The summed E-state index contributed by atoms with van der Waals surface area (Å²) in [5.41, 5.74) is 3.21. The highest BCUT2D eigenvalue weighted by Crippen LogP contribution is 2.31. The molecular weight excluding hydrogens is 394 g/mol. The van der Waals surface area contributed by atoms with Crippen molar-refractivity contribution in [3.63, 3.8) is 0 Å². The Morgan fingerprint density at radius 2 is 2.00 bits per heavy atom. The second-order valence-corrected chi connectivity index (χ2v) is 6.84. The first-order valence-corrected chi connectivity index (χ1v) is 8.95. The number of halogens is 1. The number of hydrogen-bond donors (Lipinski definition) is 0. The zero-order valence-electron chi connectivity index (χ0n) is 15.1. The highest BCUT2D eigenvalue weighted by Gasteiger charge is 2.12. The van der Waals surface area contributed by atoms with Crippen molar-refractivity contribution in [1.82, 2.24) is 4.98 Å². The Kier molecular flexibility index (Phi) is 4.74. The van der Waals surface area contributed by atoms with Crippen LogP contribution in [0.2, 0.25) is 5.02 Å². The number of hydrogen-bond acceptors (Lipinski definition) is 6. The van der Waals surface area contributed by atoms with E-state index in [2.05, 4.69) is 9.98 Å². The fourth-order valence-corrected chi connectivity index (χ4v) is 3.07. The van der Waals surface area contributed by atoms with Gasteiger partial charge in [-0.25, -0.2) is 4.98 Å². The molecule has 7 nitrogen and oxygen atoms in total. The third-order valence-corrected chi connectivity index (χ3v) is 4.47. The maximum absolute atomic E-state index is 12.2. The highest BCUT2D eigenvalue weighted by molar-refractivity contribution is 6.31. The lowest BCUT2D eigenvalue weighted by atomic mass is 10.1. The number of nitro benzene ring substituents is 1. The summed E-state index contributed by atoms with van der Waals surface area (Å²) in [6, 6.07) is 15.2. The third kappa shape index (κ3) is 3.81. The third-order valence-electron chi connectivity index (χ3n) is 4.25. The number of aryl methyl sites for hydroxylation is 1. The van der Waals surface area contributed by atoms with E-state index in [1.54, 1.807) is 18.2 Å². The van der Waals surface area contributed by atoms with Crippen molar-refractivity contribution in [3.05, 3.63) is 80.9 Å². The van der Waals surface area contributed by atoms with E-state index in [1.807, 2.05) is 31.2 Å². The molecule has 144 valence electrons. The van der Waals surface area contributed by atoms with Gasteiger partial charge in [0.1, 0.15) is 5.52 Å². The Morgan fingerprint density at radius 3 is 2.79 bits per heavy atom. The minimum atomic E-state index is -0.763. The molecule has 0 radical (unpaired) electrons. The van der Waals surface area contributed by atoms with Gasteiger partial charge in [0.15, 0.2) is 5.58 Å². The van der Waals surface area contributed by atoms with Crippen molar-refractivity contribution in [2.45, 2.75) is 6.92 Å². The first kappa shape index (κ1) is 18.6. The van der Waals surface area contributed by atoms with Crippen molar-refractivity contribution in [2.75, 3.05) is 0 Å². The number of rotatable bonds is 4. The predicted molar refractivity (Wildman–Crippen MR) is 109 cm³/mol. The van der Waals surface area contributed by atoms with Gasteiger partial charge in [-0.1, -0.05) is 23.7 Å². The van der Waals surface area contributed by atoms with Crippen LogP contribution in [-0.4, -0.2) is 16.1 Å². The zero-order valence-corrected chi connectivity index (χ0v) is 15.9. The lowest BCUT2D eigenvalue weighted by Gasteiger charge is -2.10. The number of nitrogens with zero attached hydrogens (tertiary/aromatic N) is 3. The van der Waals surface area contributed by atoms with E-state index in [4.69, 9.17) is 16.0 Å². The van der Waals surface area contributed by atoms with Gasteiger partial charge < -0.3 is 9.52 Å². The molecule has 0 amide bonds. The standard InChI is InChI=1S/C21H14ClN3O4/c1-12-5-6-17-19(7-12)29-21(24-17)13-3-2-4-16(9-13)23-11-14-8-15(22)10-18(20(14)26)25(27)28/h2-11,26H,1H3/p-1. The molecule has 1 aromatic heterocycles. The van der Waals surface area contributed by atoms with Crippen LogP contribution in [0, 0.1) is 17.0 Å². The number of nitro groups is 1. The second kappa shape index (κ2) is 7.37. The Labute approximate surface area is 170 Å². The van der Waals surface area contributed by atoms with E-state index in [1.165, 1.54) is 12.3 Å². The first-order valence-electron chi connectivity index (χ1n) is 8.57. The van der Waals surface area contributed by atoms with Gasteiger partial charge in [0.2, 0.25) is 5.89 Å². The number of fused-ring (bicyclic) bond motifs is 1. The minimum Gasteiger partial charge on any atom is -0.867 e. The summed E-state index contributed by atoms with van der Waals surface area (Å²) in [6.45, 7) is 1.97. The normalized spacial score (nSPS) is 11.4. The minimum absolute atomic E-state index is 0.0342. The Morgan fingerprint density at radius 1 is 1.17 bits per heavy atom. The van der Waals surface area contributed by atoms with Crippen molar-refractivity contribution in [2.24, 2.45) is 4.99 Å². The fraction of sp³-hybridized carbons (Fsp3) is 0.0476. The summed E-state index contributed by atoms with van der Waals surface area (Å²) in [6.07, 6.45) is 1.26. The highest BCUT2D eigenvalue weighted by atomic mass is 35.5. The molecule has 1 heterocycles. The topological polar surface area (TPSA) is 105 Å². The van der Waals surface area contributed by atoms with Gasteiger partial charge in [0.25, 0.3) is 5.69 Å². The van der Waals surface area contributed by atoms with Gasteiger partial charge in [-0.05, 0) is 60.2 Å². The summed E-state index contributed by atoms with van der Waals surface area (Å²) < 4.78 is 5.82. The monoisotopic (exact) mass is 406 g/mol. The molecule has 0 spiro atoms. The molecule has 0 aliphatic heterocycles.